The van der Waals surface area contributed by atoms with E-state index in [0.717, 1.165) is 12.3 Å². The second kappa shape index (κ2) is 8.38. The number of ether oxygens (including phenoxy) is 1. The predicted octanol–water partition coefficient (Wildman–Crippen LogP) is 1.70. The molecule has 1 aromatic rings. The topological polar surface area (TPSA) is 126 Å². The number of nitro groups is 1. The maximum Gasteiger partial charge on any atom is 0.328 e. The van der Waals surface area contributed by atoms with Crippen LogP contribution in [-0.2, 0) is 9.53 Å². The lowest BCUT2D eigenvalue weighted by molar-refractivity contribution is -0.384. The van der Waals surface area contributed by atoms with Crippen LogP contribution in [0.4, 0.5) is 11.4 Å². The van der Waals surface area contributed by atoms with E-state index in [0.29, 0.717) is 0 Å². The first-order valence-electron chi connectivity index (χ1n) is 6.92. The molecule has 1 atom stereocenters. The number of amides is 1. The Morgan fingerprint density at radius 1 is 1.50 bits per heavy atom. The lowest BCUT2D eigenvalue weighted by Crippen LogP contribution is -2.22. The first-order chi connectivity index (χ1) is 11.3. The minimum Gasteiger partial charge on any atom is -0.465 e. The molecule has 0 aliphatic rings. The molecule has 0 saturated carbocycles. The van der Waals surface area contributed by atoms with Crippen molar-refractivity contribution < 1.29 is 19.2 Å². The molecule has 1 amide bonds. The van der Waals surface area contributed by atoms with Gasteiger partial charge in [0.25, 0.3) is 11.6 Å². The van der Waals surface area contributed by atoms with Crippen molar-refractivity contribution in [2.45, 2.75) is 6.92 Å². The third-order valence-corrected chi connectivity index (χ3v) is 2.87. The molecule has 0 aromatic heterocycles. The maximum atomic E-state index is 12.2. The summed E-state index contributed by atoms with van der Waals surface area (Å²) in [6.45, 7) is 1.72. The van der Waals surface area contributed by atoms with Gasteiger partial charge in [-0.1, -0.05) is 0 Å². The van der Waals surface area contributed by atoms with Gasteiger partial charge < -0.3 is 9.64 Å². The van der Waals surface area contributed by atoms with Crippen molar-refractivity contribution in [2.75, 3.05) is 20.7 Å². The summed E-state index contributed by atoms with van der Waals surface area (Å²) >= 11 is 0. The van der Waals surface area contributed by atoms with E-state index in [4.69, 9.17) is 10.00 Å². The summed E-state index contributed by atoms with van der Waals surface area (Å²) in [5, 5.41) is 19.8. The molecule has 0 heterocycles. The van der Waals surface area contributed by atoms with E-state index in [9.17, 15) is 19.7 Å². The SMILES string of the molecule is CCOC(=O)[C@@H](C#N)C=Nc1ccc([N+](=O)[O-])cc1C(=O)N(C)C. The van der Waals surface area contributed by atoms with E-state index in [1.54, 1.807) is 13.0 Å². The van der Waals surface area contributed by atoms with Gasteiger partial charge in [-0.25, -0.2) is 0 Å². The molecule has 0 spiro atoms. The maximum absolute atomic E-state index is 12.2. The van der Waals surface area contributed by atoms with E-state index in [-0.39, 0.29) is 23.5 Å². The molecule has 0 fully saturated rings. The lowest BCUT2D eigenvalue weighted by atomic mass is 10.1. The summed E-state index contributed by atoms with van der Waals surface area (Å²) in [7, 11) is 2.98. The number of nitrogens with zero attached hydrogens (tertiary/aromatic N) is 4. The minimum absolute atomic E-state index is 0.00833. The van der Waals surface area contributed by atoms with Crippen LogP contribution in [0.2, 0.25) is 0 Å². The Morgan fingerprint density at radius 3 is 2.67 bits per heavy atom. The molecule has 0 N–H and O–H groups in total. The number of hydrogen-bond donors (Lipinski definition) is 0. The molecular weight excluding hydrogens is 316 g/mol. The number of esters is 1. The number of aliphatic imine (C=N–C) groups is 1. The molecule has 0 unspecified atom stereocenters. The summed E-state index contributed by atoms with van der Waals surface area (Å²) in [6.07, 6.45) is 1.05. The zero-order valence-corrected chi connectivity index (χ0v) is 13.4. The summed E-state index contributed by atoms with van der Waals surface area (Å²) in [5.74, 6) is -2.48. The van der Waals surface area contributed by atoms with Crippen LogP contribution < -0.4 is 0 Å². The molecule has 0 aliphatic heterocycles. The van der Waals surface area contributed by atoms with E-state index >= 15 is 0 Å². The fraction of sp³-hybridized carbons (Fsp3) is 0.333. The Kier molecular flexibility index (Phi) is 6.55. The van der Waals surface area contributed by atoms with E-state index < -0.39 is 22.7 Å². The molecule has 24 heavy (non-hydrogen) atoms. The summed E-state index contributed by atoms with van der Waals surface area (Å²) in [4.78, 5) is 39.2. The van der Waals surface area contributed by atoms with Gasteiger partial charge in [0, 0.05) is 32.4 Å². The molecule has 0 saturated heterocycles. The van der Waals surface area contributed by atoms with Crippen molar-refractivity contribution in [2.24, 2.45) is 10.9 Å². The van der Waals surface area contributed by atoms with Gasteiger partial charge in [0.05, 0.1) is 28.9 Å². The van der Waals surface area contributed by atoms with Crippen LogP contribution >= 0.6 is 0 Å². The second-order valence-electron chi connectivity index (χ2n) is 4.80. The van der Waals surface area contributed by atoms with Crippen molar-refractivity contribution >= 4 is 29.5 Å². The van der Waals surface area contributed by atoms with Gasteiger partial charge in [-0.3, -0.25) is 24.7 Å². The number of non-ortho nitro benzene ring substituents is 1. The number of rotatable bonds is 6. The highest BCUT2D eigenvalue weighted by Crippen LogP contribution is 2.25. The average Bonchev–Trinajstić information content (AvgIpc) is 2.54. The zero-order valence-electron chi connectivity index (χ0n) is 13.4. The highest BCUT2D eigenvalue weighted by Gasteiger charge is 2.20. The fourth-order valence-corrected chi connectivity index (χ4v) is 1.70. The fourth-order valence-electron chi connectivity index (χ4n) is 1.70. The van der Waals surface area contributed by atoms with Gasteiger partial charge >= 0.3 is 5.97 Å². The Morgan fingerprint density at radius 2 is 2.17 bits per heavy atom. The van der Waals surface area contributed by atoms with Gasteiger partial charge in [-0.2, -0.15) is 5.26 Å². The van der Waals surface area contributed by atoms with Crippen LogP contribution in [0.5, 0.6) is 0 Å². The van der Waals surface area contributed by atoms with Crippen molar-refractivity contribution in [1.82, 2.24) is 4.90 Å². The van der Waals surface area contributed by atoms with Crippen molar-refractivity contribution in [3.63, 3.8) is 0 Å². The van der Waals surface area contributed by atoms with Crippen molar-refractivity contribution in [3.8, 4) is 6.07 Å². The molecule has 1 rings (SSSR count). The van der Waals surface area contributed by atoms with Crippen molar-refractivity contribution in [1.29, 1.82) is 5.26 Å². The summed E-state index contributed by atoms with van der Waals surface area (Å²) in [6, 6.07) is 5.30. The van der Waals surface area contributed by atoms with Crippen LogP contribution in [0.15, 0.2) is 23.2 Å². The molecule has 1 aromatic carbocycles. The van der Waals surface area contributed by atoms with Gasteiger partial charge in [-0.05, 0) is 13.0 Å². The summed E-state index contributed by atoms with van der Waals surface area (Å²) in [5.41, 5.74) is -0.156. The van der Waals surface area contributed by atoms with Gasteiger partial charge in [0.2, 0.25) is 0 Å². The number of nitro benzene ring substituents is 1. The molecule has 0 bridgehead atoms. The van der Waals surface area contributed by atoms with Gasteiger partial charge in [0.1, 0.15) is 0 Å². The van der Waals surface area contributed by atoms with E-state index in [1.807, 2.05) is 0 Å². The number of carbonyl (C=O) groups is 2. The molecule has 9 nitrogen and oxygen atoms in total. The van der Waals surface area contributed by atoms with Crippen molar-refractivity contribution in [3.05, 3.63) is 33.9 Å². The molecular formula is C15H16N4O5. The molecule has 9 heteroatoms. The van der Waals surface area contributed by atoms with E-state index in [2.05, 4.69) is 4.99 Å². The van der Waals surface area contributed by atoms with Crippen LogP contribution in [0.3, 0.4) is 0 Å². The Balaban J connectivity index is 3.25. The smallest absolute Gasteiger partial charge is 0.328 e. The molecule has 0 radical (unpaired) electrons. The zero-order chi connectivity index (χ0) is 18.3. The Bertz CT molecular complexity index is 721. The highest BCUT2D eigenvalue weighted by atomic mass is 16.6. The van der Waals surface area contributed by atoms with Crippen LogP contribution in [0.25, 0.3) is 0 Å². The number of nitriles is 1. The van der Waals surface area contributed by atoms with Crippen LogP contribution in [0.1, 0.15) is 17.3 Å². The number of hydrogen-bond acceptors (Lipinski definition) is 7. The first-order valence-corrected chi connectivity index (χ1v) is 6.92. The minimum atomic E-state index is -1.23. The Labute approximate surface area is 138 Å². The predicted molar refractivity (Wildman–Crippen MR) is 85.0 cm³/mol. The Hall–Kier alpha value is -3.28. The average molecular weight is 332 g/mol. The normalized spacial score (nSPS) is 11.6. The molecule has 0 aliphatic carbocycles. The van der Waals surface area contributed by atoms with Crippen LogP contribution in [0, 0.1) is 27.4 Å². The largest absolute Gasteiger partial charge is 0.465 e. The quantitative estimate of drug-likeness (QED) is 0.338. The lowest BCUT2D eigenvalue weighted by Gasteiger charge is -2.12. The highest BCUT2D eigenvalue weighted by molar-refractivity contribution is 6.01. The monoisotopic (exact) mass is 332 g/mol. The molecule has 126 valence electrons. The number of benzene rings is 1. The van der Waals surface area contributed by atoms with Crippen LogP contribution in [-0.4, -0.2) is 48.6 Å². The third kappa shape index (κ3) is 4.61. The van der Waals surface area contributed by atoms with E-state index in [1.165, 1.54) is 31.1 Å². The number of carbonyl (C=O) groups excluding carboxylic acids is 2. The second-order valence-corrected chi connectivity index (χ2v) is 4.80. The standard InChI is InChI=1S/C15H16N4O5/c1-4-24-15(21)10(8-16)9-17-13-6-5-11(19(22)23)7-12(13)14(20)18(2)3/h5-7,9-10H,4H2,1-3H3/t10-/m0/s1. The van der Waals surface area contributed by atoms with Gasteiger partial charge in [0.15, 0.2) is 5.92 Å². The third-order valence-electron chi connectivity index (χ3n) is 2.87. The summed E-state index contributed by atoms with van der Waals surface area (Å²) < 4.78 is 4.73. The van der Waals surface area contributed by atoms with Gasteiger partial charge in [-0.15, -0.1) is 0 Å². The first kappa shape index (κ1) is 18.8.